The maximum Gasteiger partial charge on any atom is 0.328 e. The quantitative estimate of drug-likeness (QED) is 0.869. The largest absolute Gasteiger partial charge is 0.328 e. The summed E-state index contributed by atoms with van der Waals surface area (Å²) in [4.78, 5) is 15.8. The first-order valence-corrected chi connectivity index (χ1v) is 5.73. The molecular weight excluding hydrogens is 234 g/mol. The molecule has 7 heteroatoms. The van der Waals surface area contributed by atoms with Gasteiger partial charge in [-0.25, -0.2) is 0 Å². The molecule has 1 fully saturated rings. The van der Waals surface area contributed by atoms with Gasteiger partial charge in [0.2, 0.25) is 5.91 Å². The minimum atomic E-state index is -0.0764. The molecule has 0 saturated heterocycles. The van der Waals surface area contributed by atoms with Gasteiger partial charge in [-0.05, 0) is 24.8 Å². The van der Waals surface area contributed by atoms with Crippen LogP contribution in [0, 0.1) is 12.8 Å². The normalized spacial score (nSPS) is 21.9. The average molecular weight is 247 g/mol. The molecule has 2 atom stereocenters. The third-order valence-electron chi connectivity index (χ3n) is 3.04. The number of hydrogen-bond acceptors (Lipinski definition) is 5. The predicted octanol–water partition coefficient (Wildman–Crippen LogP) is 0.854. The van der Waals surface area contributed by atoms with Crippen molar-refractivity contribution < 1.29 is 9.32 Å². The van der Waals surface area contributed by atoms with Crippen LogP contribution in [0.25, 0.3) is 0 Å². The van der Waals surface area contributed by atoms with Crippen molar-refractivity contribution in [3.8, 4) is 0 Å². The first-order chi connectivity index (χ1) is 8.63. The number of amides is 1. The van der Waals surface area contributed by atoms with Crippen LogP contribution in [-0.2, 0) is 11.8 Å². The summed E-state index contributed by atoms with van der Waals surface area (Å²) in [6, 6.07) is 0.161. The van der Waals surface area contributed by atoms with Crippen molar-refractivity contribution in [3.63, 3.8) is 0 Å². The third kappa shape index (κ3) is 1.99. The summed E-state index contributed by atoms with van der Waals surface area (Å²) in [5.41, 5.74) is 1.10. The van der Waals surface area contributed by atoms with E-state index < -0.39 is 0 Å². The number of anilines is 1. The van der Waals surface area contributed by atoms with Crippen LogP contribution < -0.4 is 5.32 Å². The second-order valence-corrected chi connectivity index (χ2v) is 4.53. The molecule has 1 amide bonds. The van der Waals surface area contributed by atoms with Crippen LogP contribution in [0.4, 0.5) is 6.01 Å². The molecular formula is C11H13N5O2. The number of carbonyl (C=O) groups excluding carboxylic acids is 1. The Balaban J connectivity index is 1.62. The van der Waals surface area contributed by atoms with Gasteiger partial charge in [-0.2, -0.15) is 10.1 Å². The van der Waals surface area contributed by atoms with Gasteiger partial charge >= 0.3 is 6.01 Å². The molecule has 3 rings (SSSR count). The van der Waals surface area contributed by atoms with E-state index in [1.807, 2.05) is 13.2 Å². The van der Waals surface area contributed by atoms with Gasteiger partial charge in [0, 0.05) is 19.2 Å². The van der Waals surface area contributed by atoms with E-state index in [9.17, 15) is 4.79 Å². The van der Waals surface area contributed by atoms with E-state index in [1.165, 1.54) is 0 Å². The van der Waals surface area contributed by atoms with Crippen LogP contribution in [-0.4, -0.2) is 25.8 Å². The predicted molar refractivity (Wildman–Crippen MR) is 61.7 cm³/mol. The highest BCUT2D eigenvalue weighted by atomic mass is 16.5. The van der Waals surface area contributed by atoms with E-state index in [4.69, 9.17) is 4.52 Å². The van der Waals surface area contributed by atoms with E-state index in [1.54, 1.807) is 17.8 Å². The van der Waals surface area contributed by atoms with Gasteiger partial charge < -0.3 is 4.52 Å². The van der Waals surface area contributed by atoms with Crippen molar-refractivity contribution in [2.45, 2.75) is 19.3 Å². The summed E-state index contributed by atoms with van der Waals surface area (Å²) >= 11 is 0. The third-order valence-corrected chi connectivity index (χ3v) is 3.04. The summed E-state index contributed by atoms with van der Waals surface area (Å²) < 4.78 is 6.59. The number of nitrogens with one attached hydrogen (secondary N) is 1. The first-order valence-electron chi connectivity index (χ1n) is 5.73. The summed E-state index contributed by atoms with van der Waals surface area (Å²) in [5.74, 6) is 0.654. The number of nitrogens with zero attached hydrogens (tertiary/aromatic N) is 4. The maximum atomic E-state index is 11.9. The molecule has 1 saturated carbocycles. The lowest BCUT2D eigenvalue weighted by molar-refractivity contribution is -0.117. The van der Waals surface area contributed by atoms with Crippen LogP contribution in [0.1, 0.15) is 23.7 Å². The Morgan fingerprint density at radius 2 is 2.44 bits per heavy atom. The van der Waals surface area contributed by atoms with Gasteiger partial charge in [-0.15, -0.1) is 0 Å². The molecule has 0 spiro atoms. The molecule has 2 aromatic rings. The van der Waals surface area contributed by atoms with Crippen molar-refractivity contribution in [2.75, 3.05) is 5.32 Å². The fourth-order valence-electron chi connectivity index (χ4n) is 2.03. The van der Waals surface area contributed by atoms with Crippen LogP contribution in [0.5, 0.6) is 0 Å². The van der Waals surface area contributed by atoms with Crippen LogP contribution in [0.2, 0.25) is 0 Å². The van der Waals surface area contributed by atoms with Crippen molar-refractivity contribution in [2.24, 2.45) is 13.0 Å². The van der Waals surface area contributed by atoms with Crippen LogP contribution in [0.3, 0.4) is 0 Å². The number of carbonyl (C=O) groups is 1. The SMILES string of the molecule is Cc1noc(NC(=O)C2CC2c2cnn(C)c2)n1. The van der Waals surface area contributed by atoms with Crippen molar-refractivity contribution in [1.82, 2.24) is 19.9 Å². The van der Waals surface area contributed by atoms with Gasteiger partial charge in [-0.1, -0.05) is 5.16 Å². The standard InChI is InChI=1S/C11H13N5O2/c1-6-13-11(18-15-6)14-10(17)9-3-8(9)7-4-12-16(2)5-7/h4-5,8-9H,3H2,1-2H3,(H,13,14,15,17). The summed E-state index contributed by atoms with van der Waals surface area (Å²) in [6.07, 6.45) is 4.58. The van der Waals surface area contributed by atoms with E-state index >= 15 is 0 Å². The van der Waals surface area contributed by atoms with Gasteiger partial charge in [0.1, 0.15) is 0 Å². The molecule has 94 valence electrons. The molecule has 1 aliphatic carbocycles. The Labute approximate surface area is 103 Å². The zero-order valence-electron chi connectivity index (χ0n) is 10.1. The minimum absolute atomic E-state index is 0.0265. The van der Waals surface area contributed by atoms with E-state index in [0.717, 1.165) is 12.0 Å². The summed E-state index contributed by atoms with van der Waals surface area (Å²) in [5, 5.41) is 10.3. The number of aryl methyl sites for hydroxylation is 2. The fraction of sp³-hybridized carbons (Fsp3) is 0.455. The molecule has 0 aliphatic heterocycles. The fourth-order valence-corrected chi connectivity index (χ4v) is 2.03. The molecule has 2 aromatic heterocycles. The number of hydrogen-bond donors (Lipinski definition) is 1. The van der Waals surface area contributed by atoms with E-state index in [-0.39, 0.29) is 23.8 Å². The maximum absolute atomic E-state index is 11.9. The zero-order chi connectivity index (χ0) is 12.7. The molecule has 7 nitrogen and oxygen atoms in total. The topological polar surface area (TPSA) is 85.8 Å². The Hall–Kier alpha value is -2.18. The second kappa shape index (κ2) is 3.94. The van der Waals surface area contributed by atoms with Crippen LogP contribution >= 0.6 is 0 Å². The summed E-state index contributed by atoms with van der Waals surface area (Å²) in [6.45, 7) is 1.70. The van der Waals surface area contributed by atoms with E-state index in [0.29, 0.717) is 5.82 Å². The second-order valence-electron chi connectivity index (χ2n) is 4.53. The molecule has 2 heterocycles. The Morgan fingerprint density at radius 1 is 1.61 bits per heavy atom. The van der Waals surface area contributed by atoms with Crippen LogP contribution in [0.15, 0.2) is 16.9 Å². The molecule has 2 unspecified atom stereocenters. The lowest BCUT2D eigenvalue weighted by Gasteiger charge is -1.97. The summed E-state index contributed by atoms with van der Waals surface area (Å²) in [7, 11) is 1.86. The Kier molecular flexibility index (Phi) is 2.39. The lowest BCUT2D eigenvalue weighted by atomic mass is 10.2. The van der Waals surface area contributed by atoms with Gasteiger partial charge in [0.15, 0.2) is 5.82 Å². The monoisotopic (exact) mass is 247 g/mol. The average Bonchev–Trinajstić information content (AvgIpc) is 2.86. The molecule has 0 aromatic carbocycles. The van der Waals surface area contributed by atoms with Crippen molar-refractivity contribution >= 4 is 11.9 Å². The molecule has 1 N–H and O–H groups in total. The Morgan fingerprint density at radius 3 is 3.06 bits per heavy atom. The highest BCUT2D eigenvalue weighted by Crippen LogP contribution is 2.47. The highest BCUT2D eigenvalue weighted by molar-refractivity contribution is 5.93. The molecule has 0 radical (unpaired) electrons. The molecule has 1 aliphatic rings. The first kappa shape index (κ1) is 10.9. The lowest BCUT2D eigenvalue weighted by Crippen LogP contribution is -2.14. The molecule has 18 heavy (non-hydrogen) atoms. The van der Waals surface area contributed by atoms with E-state index in [2.05, 4.69) is 20.6 Å². The smallest absolute Gasteiger partial charge is 0.315 e. The molecule has 0 bridgehead atoms. The number of aromatic nitrogens is 4. The number of rotatable bonds is 3. The minimum Gasteiger partial charge on any atom is -0.315 e. The van der Waals surface area contributed by atoms with Crippen molar-refractivity contribution in [3.05, 3.63) is 23.8 Å². The van der Waals surface area contributed by atoms with Gasteiger partial charge in [0.05, 0.1) is 6.20 Å². The van der Waals surface area contributed by atoms with Gasteiger partial charge in [-0.3, -0.25) is 14.8 Å². The van der Waals surface area contributed by atoms with Gasteiger partial charge in [0.25, 0.3) is 0 Å². The van der Waals surface area contributed by atoms with Crippen molar-refractivity contribution in [1.29, 1.82) is 0 Å². The Bertz CT molecular complexity index is 588. The zero-order valence-corrected chi connectivity index (χ0v) is 10.1. The highest BCUT2D eigenvalue weighted by Gasteiger charge is 2.45.